The van der Waals surface area contributed by atoms with Crippen molar-refractivity contribution >= 4 is 11.8 Å². The normalized spacial score (nSPS) is 51.9. The fourth-order valence-corrected chi connectivity index (χ4v) is 7.90. The molecular formula is C22H32N2O4. The standard InChI is InChI=1S/C22H32N2O4/c1-5-20(3)10-13-14-6-8-22(12(2)18(20)27)9-7-15(25)17(22)21(14,4)19(13)28-16(26)11-24-23/h5,12-14,17-19,23,27H,1,6-11H2,2-4H3/t12-,13?,14?,17-,18-,19+,20+,21+,22-/m0/s1. The second kappa shape index (κ2) is 6.22. The van der Waals surface area contributed by atoms with Crippen LogP contribution >= 0.6 is 0 Å². The number of hydrogen-bond donors (Lipinski definition) is 2. The Hall–Kier alpha value is -1.56. The van der Waals surface area contributed by atoms with Crippen molar-refractivity contribution in [3.8, 4) is 0 Å². The summed E-state index contributed by atoms with van der Waals surface area (Å²) in [6, 6.07) is 0. The number of aliphatic hydroxyl groups is 1. The highest BCUT2D eigenvalue weighted by Crippen LogP contribution is 2.74. The van der Waals surface area contributed by atoms with Crippen LogP contribution in [0.25, 0.3) is 0 Å². The molecule has 1 spiro atoms. The molecule has 0 amide bonds. The van der Waals surface area contributed by atoms with Crippen molar-refractivity contribution in [1.82, 2.24) is 0 Å². The van der Waals surface area contributed by atoms with E-state index in [-0.39, 0.29) is 41.6 Å². The summed E-state index contributed by atoms with van der Waals surface area (Å²) in [4.78, 5) is 25.4. The number of carbonyl (C=O) groups is 2. The molecule has 2 unspecified atom stereocenters. The molecule has 5 aliphatic rings. The van der Waals surface area contributed by atoms with Gasteiger partial charge in [-0.1, -0.05) is 26.8 Å². The summed E-state index contributed by atoms with van der Waals surface area (Å²) in [7, 11) is 0. The zero-order valence-electron chi connectivity index (χ0n) is 17.1. The predicted octanol–water partition coefficient (Wildman–Crippen LogP) is 3.53. The largest absolute Gasteiger partial charge is 0.460 e. The molecule has 5 saturated carbocycles. The van der Waals surface area contributed by atoms with Crippen molar-refractivity contribution in [2.75, 3.05) is 6.54 Å². The minimum Gasteiger partial charge on any atom is -0.460 e. The number of nitrogens with zero attached hydrogens (tertiary/aromatic N) is 1. The maximum atomic E-state index is 13.2. The highest BCUT2D eigenvalue weighted by atomic mass is 16.5. The number of ether oxygens (including phenoxy) is 1. The van der Waals surface area contributed by atoms with Crippen molar-refractivity contribution in [2.45, 2.75) is 65.1 Å². The molecule has 9 atom stereocenters. The molecule has 4 bridgehead atoms. The Morgan fingerprint density at radius 3 is 2.79 bits per heavy atom. The van der Waals surface area contributed by atoms with E-state index in [2.05, 4.69) is 25.5 Å². The first-order valence-electron chi connectivity index (χ1n) is 10.5. The third kappa shape index (κ3) is 2.24. The highest BCUT2D eigenvalue weighted by Gasteiger charge is 2.75. The van der Waals surface area contributed by atoms with Gasteiger partial charge in [-0.3, -0.25) is 4.79 Å². The molecule has 6 heteroatoms. The first-order valence-corrected chi connectivity index (χ1v) is 10.5. The van der Waals surface area contributed by atoms with Crippen molar-refractivity contribution < 1.29 is 19.4 Å². The smallest absolute Gasteiger partial charge is 0.329 e. The molecule has 0 aromatic carbocycles. The van der Waals surface area contributed by atoms with Crippen molar-refractivity contribution in [1.29, 1.82) is 5.53 Å². The number of aliphatic hydroxyl groups excluding tert-OH is 1. The van der Waals surface area contributed by atoms with Gasteiger partial charge in [-0.25, -0.2) is 10.3 Å². The molecule has 5 aliphatic carbocycles. The van der Waals surface area contributed by atoms with Crippen LogP contribution in [0.2, 0.25) is 0 Å². The van der Waals surface area contributed by atoms with Crippen LogP contribution in [0.5, 0.6) is 0 Å². The average Bonchev–Trinajstić information content (AvgIpc) is 3.03. The van der Waals surface area contributed by atoms with Gasteiger partial charge >= 0.3 is 5.97 Å². The molecule has 28 heavy (non-hydrogen) atoms. The molecule has 6 nitrogen and oxygen atoms in total. The fraction of sp³-hybridized carbons (Fsp3) is 0.818. The van der Waals surface area contributed by atoms with Crippen molar-refractivity contribution in [3.05, 3.63) is 12.7 Å². The number of fused-ring (bicyclic) bond motifs is 4. The van der Waals surface area contributed by atoms with E-state index in [1.807, 2.05) is 13.0 Å². The predicted molar refractivity (Wildman–Crippen MR) is 102 cm³/mol. The summed E-state index contributed by atoms with van der Waals surface area (Å²) in [5.74, 6) is -0.0528. The Balaban J connectivity index is 1.85. The van der Waals surface area contributed by atoms with E-state index in [9.17, 15) is 14.7 Å². The Bertz CT molecular complexity index is 738. The fourth-order valence-electron chi connectivity index (χ4n) is 7.90. The van der Waals surface area contributed by atoms with E-state index in [1.54, 1.807) is 0 Å². The lowest BCUT2D eigenvalue weighted by atomic mass is 9.38. The Morgan fingerprint density at radius 1 is 1.43 bits per heavy atom. The molecule has 5 fully saturated rings. The number of ketones is 1. The van der Waals surface area contributed by atoms with E-state index in [4.69, 9.17) is 10.3 Å². The van der Waals surface area contributed by atoms with Gasteiger partial charge in [0, 0.05) is 29.1 Å². The van der Waals surface area contributed by atoms with Crippen LogP contribution in [-0.2, 0) is 14.3 Å². The Labute approximate surface area is 166 Å². The molecule has 5 rings (SSSR count). The number of carbonyl (C=O) groups excluding carboxylic acids is 2. The van der Waals surface area contributed by atoms with E-state index < -0.39 is 22.9 Å². The molecule has 0 aromatic heterocycles. The highest BCUT2D eigenvalue weighted by molar-refractivity contribution is 5.86. The van der Waals surface area contributed by atoms with E-state index in [0.29, 0.717) is 18.8 Å². The van der Waals surface area contributed by atoms with Crippen LogP contribution in [0.4, 0.5) is 0 Å². The van der Waals surface area contributed by atoms with E-state index in [1.165, 1.54) is 0 Å². The Kier molecular flexibility index (Phi) is 4.38. The SMILES string of the molecule is C=C[C@]1(C)CC2C3CC[C@]4(CCC(=O)[C@H]4[C@]3(C)[C@@H]2OC(=O)CN=N)[C@@H](C)[C@@H]1O. The van der Waals surface area contributed by atoms with Gasteiger partial charge in [0.15, 0.2) is 6.54 Å². The van der Waals surface area contributed by atoms with Crippen LogP contribution in [0.1, 0.15) is 52.9 Å². The molecule has 0 aliphatic heterocycles. The monoisotopic (exact) mass is 388 g/mol. The van der Waals surface area contributed by atoms with Gasteiger partial charge in [-0.05, 0) is 42.9 Å². The average molecular weight is 389 g/mol. The summed E-state index contributed by atoms with van der Waals surface area (Å²) < 4.78 is 5.88. The number of hydrogen-bond acceptors (Lipinski definition) is 6. The van der Waals surface area contributed by atoms with Gasteiger partial charge in [-0.15, -0.1) is 6.58 Å². The summed E-state index contributed by atoms with van der Waals surface area (Å²) in [5.41, 5.74) is 5.84. The zero-order chi connectivity index (χ0) is 20.5. The number of Topliss-reactive ketones (excluding diaryl/α,β-unsaturated/α-hetero) is 1. The topological polar surface area (TPSA) is 99.8 Å². The molecule has 0 aromatic rings. The minimum absolute atomic E-state index is 0.0244. The van der Waals surface area contributed by atoms with Gasteiger partial charge in [0.1, 0.15) is 11.9 Å². The molecule has 0 heterocycles. The number of rotatable bonds is 4. The van der Waals surface area contributed by atoms with Gasteiger partial charge < -0.3 is 9.84 Å². The lowest BCUT2D eigenvalue weighted by Gasteiger charge is -2.67. The maximum Gasteiger partial charge on any atom is 0.329 e. The lowest BCUT2D eigenvalue weighted by Crippen LogP contribution is -2.69. The number of esters is 1. The van der Waals surface area contributed by atoms with Crippen LogP contribution in [0.3, 0.4) is 0 Å². The first-order chi connectivity index (χ1) is 13.2. The van der Waals surface area contributed by atoms with Crippen LogP contribution in [-0.4, -0.2) is 35.6 Å². The van der Waals surface area contributed by atoms with Gasteiger partial charge in [0.05, 0.1) is 6.10 Å². The Morgan fingerprint density at radius 2 is 2.14 bits per heavy atom. The minimum atomic E-state index is -0.584. The first kappa shape index (κ1) is 19.7. The second-order valence-electron chi connectivity index (χ2n) is 10.2. The summed E-state index contributed by atoms with van der Waals surface area (Å²) in [5, 5.41) is 14.6. The van der Waals surface area contributed by atoms with Crippen molar-refractivity contribution in [3.63, 3.8) is 0 Å². The number of nitrogens with one attached hydrogen (secondary N) is 1. The van der Waals surface area contributed by atoms with Gasteiger partial charge in [-0.2, -0.15) is 5.11 Å². The summed E-state index contributed by atoms with van der Waals surface area (Å²) >= 11 is 0. The molecular weight excluding hydrogens is 356 g/mol. The van der Waals surface area contributed by atoms with Crippen LogP contribution in [0, 0.1) is 45.4 Å². The van der Waals surface area contributed by atoms with Crippen LogP contribution in [0.15, 0.2) is 17.8 Å². The van der Waals surface area contributed by atoms with Crippen molar-refractivity contribution in [2.24, 2.45) is 45.0 Å². The molecule has 0 radical (unpaired) electrons. The molecule has 0 saturated heterocycles. The lowest BCUT2D eigenvalue weighted by molar-refractivity contribution is -0.254. The zero-order valence-corrected chi connectivity index (χ0v) is 17.1. The summed E-state index contributed by atoms with van der Waals surface area (Å²) in [6.07, 6.45) is 4.90. The van der Waals surface area contributed by atoms with Gasteiger partial charge in [0.2, 0.25) is 0 Å². The third-order valence-corrected chi connectivity index (χ3v) is 9.26. The van der Waals surface area contributed by atoms with Gasteiger partial charge in [0.25, 0.3) is 0 Å². The molecule has 2 N–H and O–H groups in total. The van der Waals surface area contributed by atoms with Crippen LogP contribution < -0.4 is 0 Å². The second-order valence-corrected chi connectivity index (χ2v) is 10.2. The third-order valence-electron chi connectivity index (χ3n) is 9.26. The quantitative estimate of drug-likeness (QED) is 0.437. The van der Waals surface area contributed by atoms with E-state index >= 15 is 0 Å². The molecule has 154 valence electrons. The summed E-state index contributed by atoms with van der Waals surface area (Å²) in [6.45, 7) is 10.0. The maximum absolute atomic E-state index is 13.2. The van der Waals surface area contributed by atoms with E-state index in [0.717, 1.165) is 19.3 Å².